The van der Waals surface area contributed by atoms with Gasteiger partial charge in [-0.2, -0.15) is 0 Å². The second-order valence-electron chi connectivity index (χ2n) is 6.49. The molecule has 30 heavy (non-hydrogen) atoms. The van der Waals surface area contributed by atoms with Gasteiger partial charge in [0, 0.05) is 0 Å². The van der Waals surface area contributed by atoms with Crippen LogP contribution in [0.25, 0.3) is 0 Å². The zero-order valence-corrected chi connectivity index (χ0v) is 17.2. The number of terminal acetylenes is 1. The summed E-state index contributed by atoms with van der Waals surface area (Å²) in [5, 5.41) is 5.51. The average molecular weight is 415 g/mol. The third kappa shape index (κ3) is 5.76. The van der Waals surface area contributed by atoms with Crippen LogP contribution in [0, 0.1) is 12.3 Å². The number of carbonyl (C=O) groups excluding carboxylic acids is 2. The number of amides is 2. The molecule has 0 aliphatic rings. The number of rotatable bonds is 8. The molecule has 2 N–H and O–H groups in total. The van der Waals surface area contributed by atoms with Gasteiger partial charge in [-0.15, -0.1) is 18.2 Å². The maximum absolute atomic E-state index is 12.7. The molecule has 150 valence electrons. The Kier molecular flexibility index (Phi) is 7.71. The van der Waals surface area contributed by atoms with Gasteiger partial charge < -0.3 is 10.6 Å². The van der Waals surface area contributed by atoms with Gasteiger partial charge in [-0.1, -0.05) is 78.7 Å². The summed E-state index contributed by atoms with van der Waals surface area (Å²) in [6.07, 6.45) is 5.20. The highest BCUT2D eigenvalue weighted by molar-refractivity contribution is 8.00. The third-order valence-corrected chi connectivity index (χ3v) is 5.69. The predicted molar refractivity (Wildman–Crippen MR) is 123 cm³/mol. The summed E-state index contributed by atoms with van der Waals surface area (Å²) < 4.78 is 0. The molecular weight excluding hydrogens is 392 g/mol. The van der Waals surface area contributed by atoms with Crippen molar-refractivity contribution < 1.29 is 9.59 Å². The monoisotopic (exact) mass is 414 g/mol. The van der Waals surface area contributed by atoms with Crippen LogP contribution in [0.3, 0.4) is 0 Å². The van der Waals surface area contributed by atoms with Crippen LogP contribution in [0.15, 0.2) is 84.9 Å². The molecular formula is C25H22N2O2S. The second kappa shape index (κ2) is 10.9. The molecule has 3 rings (SSSR count). The fraction of sp³-hybridized carbons (Fsp3) is 0.120. The number of thioether (sulfide) groups is 1. The van der Waals surface area contributed by atoms with E-state index in [9.17, 15) is 9.59 Å². The first-order valence-electron chi connectivity index (χ1n) is 9.51. The number of para-hydroxylation sites is 1. The van der Waals surface area contributed by atoms with E-state index < -0.39 is 0 Å². The van der Waals surface area contributed by atoms with Crippen LogP contribution < -0.4 is 10.6 Å². The molecule has 0 saturated carbocycles. The van der Waals surface area contributed by atoms with Gasteiger partial charge in [0.15, 0.2) is 0 Å². The van der Waals surface area contributed by atoms with Gasteiger partial charge in [0.25, 0.3) is 5.91 Å². The number of anilines is 1. The van der Waals surface area contributed by atoms with Gasteiger partial charge in [0.05, 0.1) is 28.8 Å². The summed E-state index contributed by atoms with van der Waals surface area (Å²) in [4.78, 5) is 25.0. The normalized spacial score (nSPS) is 10.3. The number of hydrogen-bond donors (Lipinski definition) is 2. The number of hydrogen-bond acceptors (Lipinski definition) is 3. The van der Waals surface area contributed by atoms with E-state index in [0.29, 0.717) is 11.3 Å². The van der Waals surface area contributed by atoms with Crippen LogP contribution in [0.2, 0.25) is 0 Å². The molecule has 0 radical (unpaired) electrons. The zero-order chi connectivity index (χ0) is 21.2. The number of benzene rings is 3. The minimum atomic E-state index is -0.317. The molecule has 0 bridgehead atoms. The van der Waals surface area contributed by atoms with Crippen molar-refractivity contribution in [2.75, 3.05) is 17.6 Å². The molecule has 0 saturated heterocycles. The first kappa shape index (κ1) is 21.2. The molecule has 3 aromatic rings. The summed E-state index contributed by atoms with van der Waals surface area (Å²) in [5.74, 6) is 2.13. The highest BCUT2D eigenvalue weighted by atomic mass is 32.2. The Hall–Kier alpha value is -3.49. The standard InChI is InChI=1S/C25H22N2O2S/c1-2-17-26-25(29)21-15-9-10-16-22(21)27-23(28)18-30-24(19-11-5-3-6-12-19)20-13-7-4-8-14-20/h1,3-16,24H,17-18H2,(H,26,29)(H,27,28). The Morgan fingerprint density at radius 2 is 1.43 bits per heavy atom. The van der Waals surface area contributed by atoms with E-state index in [2.05, 4.69) is 40.8 Å². The Bertz CT molecular complexity index is 990. The van der Waals surface area contributed by atoms with Crippen molar-refractivity contribution in [3.63, 3.8) is 0 Å². The fourth-order valence-electron chi connectivity index (χ4n) is 3.00. The summed E-state index contributed by atoms with van der Waals surface area (Å²) in [7, 11) is 0. The quantitative estimate of drug-likeness (QED) is 0.533. The van der Waals surface area contributed by atoms with Crippen LogP contribution in [0.4, 0.5) is 5.69 Å². The molecule has 3 aromatic carbocycles. The lowest BCUT2D eigenvalue weighted by molar-refractivity contribution is -0.113. The first-order chi connectivity index (χ1) is 14.7. The molecule has 0 aromatic heterocycles. The summed E-state index contributed by atoms with van der Waals surface area (Å²) in [6.45, 7) is 0.132. The lowest BCUT2D eigenvalue weighted by atomic mass is 10.0. The lowest BCUT2D eigenvalue weighted by Gasteiger charge is -2.18. The van der Waals surface area contributed by atoms with Crippen molar-refractivity contribution in [3.8, 4) is 12.3 Å². The molecule has 0 aliphatic heterocycles. The molecule has 0 heterocycles. The fourth-order valence-corrected chi connectivity index (χ4v) is 4.09. The van der Waals surface area contributed by atoms with Crippen molar-refractivity contribution in [2.24, 2.45) is 0 Å². The first-order valence-corrected chi connectivity index (χ1v) is 10.6. The molecule has 0 unspecified atom stereocenters. The lowest BCUT2D eigenvalue weighted by Crippen LogP contribution is -2.25. The van der Waals surface area contributed by atoms with Crippen LogP contribution in [0.5, 0.6) is 0 Å². The Morgan fingerprint density at radius 1 is 0.867 bits per heavy atom. The highest BCUT2D eigenvalue weighted by Gasteiger charge is 2.17. The van der Waals surface area contributed by atoms with Crippen molar-refractivity contribution in [1.29, 1.82) is 0 Å². The minimum absolute atomic E-state index is 0.0346. The predicted octanol–water partition coefficient (Wildman–Crippen LogP) is 4.51. The summed E-state index contributed by atoms with van der Waals surface area (Å²) in [5.41, 5.74) is 3.12. The largest absolute Gasteiger partial charge is 0.341 e. The van der Waals surface area contributed by atoms with Crippen molar-refractivity contribution in [3.05, 3.63) is 102 Å². The van der Waals surface area contributed by atoms with Crippen LogP contribution in [-0.4, -0.2) is 24.1 Å². The highest BCUT2D eigenvalue weighted by Crippen LogP contribution is 2.35. The Balaban J connectivity index is 1.70. The number of carbonyl (C=O) groups is 2. The van der Waals surface area contributed by atoms with Gasteiger partial charge in [-0.05, 0) is 23.3 Å². The van der Waals surface area contributed by atoms with Gasteiger partial charge in [-0.3, -0.25) is 9.59 Å². The Labute approximate surface area is 181 Å². The summed E-state index contributed by atoms with van der Waals surface area (Å²) in [6, 6.07) is 27.1. The third-order valence-electron chi connectivity index (χ3n) is 4.38. The molecule has 0 atom stereocenters. The molecule has 0 aliphatic carbocycles. The second-order valence-corrected chi connectivity index (χ2v) is 7.59. The number of nitrogens with one attached hydrogen (secondary N) is 2. The SMILES string of the molecule is C#CCNC(=O)c1ccccc1NC(=O)CSC(c1ccccc1)c1ccccc1. The van der Waals surface area contributed by atoms with E-state index >= 15 is 0 Å². The van der Waals surface area contributed by atoms with Gasteiger partial charge >= 0.3 is 0 Å². The maximum Gasteiger partial charge on any atom is 0.254 e. The molecule has 5 heteroatoms. The smallest absolute Gasteiger partial charge is 0.254 e. The van der Waals surface area contributed by atoms with Crippen LogP contribution in [0.1, 0.15) is 26.7 Å². The Morgan fingerprint density at radius 3 is 2.03 bits per heavy atom. The summed E-state index contributed by atoms with van der Waals surface area (Å²) >= 11 is 1.54. The molecule has 4 nitrogen and oxygen atoms in total. The molecule has 0 fully saturated rings. The van der Waals surface area contributed by atoms with E-state index in [-0.39, 0.29) is 29.4 Å². The van der Waals surface area contributed by atoms with Crippen molar-refractivity contribution in [1.82, 2.24) is 5.32 Å². The van der Waals surface area contributed by atoms with E-state index in [1.54, 1.807) is 36.0 Å². The van der Waals surface area contributed by atoms with Gasteiger partial charge in [0.2, 0.25) is 5.91 Å². The van der Waals surface area contributed by atoms with E-state index in [1.165, 1.54) is 0 Å². The van der Waals surface area contributed by atoms with Crippen molar-refractivity contribution >= 4 is 29.3 Å². The van der Waals surface area contributed by atoms with E-state index in [4.69, 9.17) is 6.42 Å². The average Bonchev–Trinajstić information content (AvgIpc) is 2.79. The topological polar surface area (TPSA) is 58.2 Å². The van der Waals surface area contributed by atoms with Crippen molar-refractivity contribution in [2.45, 2.75) is 5.25 Å². The van der Waals surface area contributed by atoms with Gasteiger partial charge in [-0.25, -0.2) is 0 Å². The minimum Gasteiger partial charge on any atom is -0.341 e. The van der Waals surface area contributed by atoms with Crippen LogP contribution in [-0.2, 0) is 4.79 Å². The van der Waals surface area contributed by atoms with Crippen LogP contribution >= 0.6 is 11.8 Å². The molecule has 2 amide bonds. The maximum atomic E-state index is 12.7. The zero-order valence-electron chi connectivity index (χ0n) is 16.4. The van der Waals surface area contributed by atoms with E-state index in [0.717, 1.165) is 11.1 Å². The van der Waals surface area contributed by atoms with Gasteiger partial charge in [0.1, 0.15) is 0 Å². The van der Waals surface area contributed by atoms with E-state index in [1.807, 2.05) is 36.4 Å². The molecule has 0 spiro atoms.